The van der Waals surface area contributed by atoms with Gasteiger partial charge in [0.2, 0.25) is 0 Å². The van der Waals surface area contributed by atoms with Gasteiger partial charge in [-0.2, -0.15) is 0 Å². The van der Waals surface area contributed by atoms with Crippen molar-refractivity contribution in [1.29, 1.82) is 0 Å². The van der Waals surface area contributed by atoms with E-state index in [1.807, 2.05) is 6.07 Å². The minimum absolute atomic E-state index is 0.0698. The fraction of sp³-hybridized carbons (Fsp3) is 0.750. The number of hydrogen-bond acceptors (Lipinski definition) is 3. The molecule has 1 atom stereocenters. The van der Waals surface area contributed by atoms with Crippen molar-refractivity contribution in [2.75, 3.05) is 13.2 Å². The summed E-state index contributed by atoms with van der Waals surface area (Å²) in [6, 6.07) is 6.20. The molecule has 3 nitrogen and oxygen atoms in total. The lowest BCUT2D eigenvalue weighted by Crippen LogP contribution is -2.24. The first-order chi connectivity index (χ1) is 14.6. The van der Waals surface area contributed by atoms with Crippen LogP contribution in [0.5, 0.6) is 11.5 Å². The summed E-state index contributed by atoms with van der Waals surface area (Å²) in [4.78, 5) is 10.8. The first kappa shape index (κ1) is 27.5. The number of unbranched alkanes of at least 4 members (excludes halogenated alkanes) is 7. The van der Waals surface area contributed by atoms with Gasteiger partial charge in [0.05, 0.1) is 6.61 Å². The summed E-state index contributed by atoms with van der Waals surface area (Å²) < 4.78 is 11.8. The van der Waals surface area contributed by atoms with Crippen LogP contribution >= 0.6 is 0 Å². The second kappa shape index (κ2) is 13.8. The number of hydrogen-bond donors (Lipinski definition) is 0. The number of carbonyl (C=O) groups is 1. The molecule has 1 aromatic rings. The normalized spacial score (nSPS) is 13.1. The maximum absolute atomic E-state index is 10.8. The summed E-state index contributed by atoms with van der Waals surface area (Å²) in [5, 5.41) is 0. The average Bonchev–Trinajstić information content (AvgIpc) is 2.67. The molecule has 1 rings (SSSR count). The van der Waals surface area contributed by atoms with Crippen LogP contribution < -0.4 is 9.47 Å². The molecule has 0 spiro atoms. The van der Waals surface area contributed by atoms with Crippen LogP contribution in [0.15, 0.2) is 18.2 Å². The second-order valence-electron chi connectivity index (χ2n) is 11.2. The van der Waals surface area contributed by atoms with E-state index in [0.717, 1.165) is 37.2 Å². The molecule has 31 heavy (non-hydrogen) atoms. The van der Waals surface area contributed by atoms with Gasteiger partial charge in [-0.25, -0.2) is 0 Å². The zero-order chi connectivity index (χ0) is 23.3. The maximum Gasteiger partial charge on any atom is 0.157 e. The van der Waals surface area contributed by atoms with Crippen LogP contribution in [0.2, 0.25) is 0 Å². The van der Waals surface area contributed by atoms with Crippen molar-refractivity contribution < 1.29 is 14.3 Å². The van der Waals surface area contributed by atoms with Crippen molar-refractivity contribution >= 4 is 6.29 Å². The quantitative estimate of drug-likeness (QED) is 0.206. The second-order valence-corrected chi connectivity index (χ2v) is 11.2. The lowest BCUT2D eigenvalue weighted by molar-refractivity contribution is -0.109. The number of carbonyl (C=O) groups excluding carboxylic acids is 1. The Morgan fingerprint density at radius 3 is 1.87 bits per heavy atom. The predicted octanol–water partition coefficient (Wildman–Crippen LogP) is 8.35. The summed E-state index contributed by atoms with van der Waals surface area (Å²) in [6.07, 6.45) is 12.2. The molecule has 0 saturated heterocycles. The molecule has 0 aliphatic heterocycles. The van der Waals surface area contributed by atoms with Crippen LogP contribution in [0.3, 0.4) is 0 Å². The highest BCUT2D eigenvalue weighted by molar-refractivity contribution is 5.52. The topological polar surface area (TPSA) is 35.5 Å². The summed E-state index contributed by atoms with van der Waals surface area (Å²) >= 11 is 0. The molecular formula is C28H48O3. The van der Waals surface area contributed by atoms with Gasteiger partial charge >= 0.3 is 0 Å². The van der Waals surface area contributed by atoms with E-state index < -0.39 is 0 Å². The smallest absolute Gasteiger partial charge is 0.157 e. The molecule has 1 aromatic carbocycles. The molecule has 0 radical (unpaired) electrons. The van der Waals surface area contributed by atoms with Gasteiger partial charge in [-0.3, -0.25) is 4.79 Å². The van der Waals surface area contributed by atoms with Gasteiger partial charge in [0.25, 0.3) is 0 Å². The largest absolute Gasteiger partial charge is 0.493 e. The highest BCUT2D eigenvalue weighted by atomic mass is 16.5. The van der Waals surface area contributed by atoms with Gasteiger partial charge in [-0.1, -0.05) is 93.4 Å². The molecule has 1 unspecified atom stereocenters. The Kier molecular flexibility index (Phi) is 12.3. The van der Waals surface area contributed by atoms with E-state index in [9.17, 15) is 4.79 Å². The van der Waals surface area contributed by atoms with Crippen molar-refractivity contribution in [3.63, 3.8) is 0 Å². The van der Waals surface area contributed by atoms with E-state index >= 15 is 0 Å². The van der Waals surface area contributed by atoms with Gasteiger partial charge in [0.1, 0.15) is 18.1 Å². The molecule has 0 N–H and O–H groups in total. The first-order valence-corrected chi connectivity index (χ1v) is 12.4. The lowest BCUT2D eigenvalue weighted by Gasteiger charge is -2.36. The van der Waals surface area contributed by atoms with Crippen LogP contribution in [0, 0.1) is 10.8 Å². The van der Waals surface area contributed by atoms with E-state index in [0.29, 0.717) is 5.92 Å². The zero-order valence-electron chi connectivity index (χ0n) is 21.4. The van der Waals surface area contributed by atoms with Crippen molar-refractivity contribution in [2.45, 2.75) is 112 Å². The van der Waals surface area contributed by atoms with Crippen LogP contribution in [0.1, 0.15) is 118 Å². The van der Waals surface area contributed by atoms with Crippen molar-refractivity contribution in [1.82, 2.24) is 0 Å². The van der Waals surface area contributed by atoms with Crippen LogP contribution in [0.25, 0.3) is 0 Å². The molecule has 0 aliphatic carbocycles. The summed E-state index contributed by atoms with van der Waals surface area (Å²) in [7, 11) is 0. The standard InChI is InChI=1S/C28H48O3/c1-8-9-10-11-12-13-14-15-17-30-24-19-23(20-25(21-24)31-18-16-29)26(28(5,6)7)22-27(2,3)4/h16,19-21,26H,8-15,17-18,22H2,1-7H3. The Morgan fingerprint density at radius 2 is 1.35 bits per heavy atom. The molecule has 0 aliphatic rings. The third-order valence-electron chi connectivity index (χ3n) is 5.75. The predicted molar refractivity (Wildman–Crippen MR) is 132 cm³/mol. The molecule has 0 fully saturated rings. The molecule has 0 amide bonds. The number of ether oxygens (including phenoxy) is 2. The molecule has 0 bridgehead atoms. The minimum atomic E-state index is 0.0698. The third kappa shape index (κ3) is 12.2. The monoisotopic (exact) mass is 432 g/mol. The van der Waals surface area contributed by atoms with Crippen LogP contribution in [0.4, 0.5) is 0 Å². The fourth-order valence-corrected chi connectivity index (χ4v) is 4.05. The average molecular weight is 433 g/mol. The molecule has 0 heterocycles. The van der Waals surface area contributed by atoms with E-state index in [2.05, 4.69) is 60.6 Å². The number of benzene rings is 1. The highest BCUT2D eigenvalue weighted by Crippen LogP contribution is 2.44. The SMILES string of the molecule is CCCCCCCCCCOc1cc(OCC=O)cc(C(CC(C)(C)C)C(C)(C)C)c1. The van der Waals surface area contributed by atoms with Crippen molar-refractivity contribution in [3.8, 4) is 11.5 Å². The number of rotatable bonds is 15. The Morgan fingerprint density at radius 1 is 0.806 bits per heavy atom. The maximum atomic E-state index is 10.8. The zero-order valence-corrected chi connectivity index (χ0v) is 21.4. The Bertz CT molecular complexity index is 622. The highest BCUT2D eigenvalue weighted by Gasteiger charge is 2.31. The Balaban J connectivity index is 2.79. The lowest BCUT2D eigenvalue weighted by atomic mass is 9.69. The fourth-order valence-electron chi connectivity index (χ4n) is 4.05. The molecule has 0 saturated carbocycles. The summed E-state index contributed by atoms with van der Waals surface area (Å²) in [6.45, 7) is 16.8. The summed E-state index contributed by atoms with van der Waals surface area (Å²) in [5.41, 5.74) is 1.57. The van der Waals surface area contributed by atoms with E-state index in [4.69, 9.17) is 9.47 Å². The van der Waals surface area contributed by atoms with E-state index in [1.165, 1.54) is 50.5 Å². The van der Waals surface area contributed by atoms with Crippen molar-refractivity contribution in [2.24, 2.45) is 10.8 Å². The summed E-state index contributed by atoms with van der Waals surface area (Å²) in [5.74, 6) is 1.95. The Labute approximate surface area is 192 Å². The number of aldehydes is 1. The van der Waals surface area contributed by atoms with Crippen LogP contribution in [-0.2, 0) is 4.79 Å². The third-order valence-corrected chi connectivity index (χ3v) is 5.75. The molecule has 0 aromatic heterocycles. The van der Waals surface area contributed by atoms with Gasteiger partial charge < -0.3 is 9.47 Å². The van der Waals surface area contributed by atoms with Gasteiger partial charge in [0, 0.05) is 6.07 Å². The van der Waals surface area contributed by atoms with Crippen LogP contribution in [-0.4, -0.2) is 19.5 Å². The van der Waals surface area contributed by atoms with E-state index in [1.54, 1.807) is 0 Å². The molecule has 178 valence electrons. The Hall–Kier alpha value is -1.51. The van der Waals surface area contributed by atoms with Gasteiger partial charge in [-0.05, 0) is 47.3 Å². The van der Waals surface area contributed by atoms with E-state index in [-0.39, 0.29) is 17.4 Å². The minimum Gasteiger partial charge on any atom is -0.493 e. The van der Waals surface area contributed by atoms with Gasteiger partial charge in [-0.15, -0.1) is 0 Å². The molecule has 3 heteroatoms. The molecular weight excluding hydrogens is 384 g/mol. The first-order valence-electron chi connectivity index (χ1n) is 12.4. The van der Waals surface area contributed by atoms with Crippen molar-refractivity contribution in [3.05, 3.63) is 23.8 Å². The van der Waals surface area contributed by atoms with Gasteiger partial charge in [0.15, 0.2) is 6.29 Å².